The second kappa shape index (κ2) is 5.11. The lowest BCUT2D eigenvalue weighted by Crippen LogP contribution is -1.87. The zero-order valence-electron chi connectivity index (χ0n) is 11.5. The van der Waals surface area contributed by atoms with E-state index >= 15 is 0 Å². The topological polar surface area (TPSA) is 30.2 Å². The second-order valence-corrected chi connectivity index (χ2v) is 6.07. The van der Waals surface area contributed by atoms with Gasteiger partial charge < -0.3 is 4.42 Å². The minimum Gasteiger partial charge on any atom is -0.456 e. The van der Waals surface area contributed by atoms with Crippen LogP contribution in [-0.4, -0.2) is 6.29 Å². The van der Waals surface area contributed by atoms with Crippen molar-refractivity contribution in [1.82, 2.24) is 0 Å². The molecule has 0 unspecified atom stereocenters. The molecule has 106 valence electrons. The van der Waals surface area contributed by atoms with E-state index in [2.05, 4.69) is 22.0 Å². The maximum Gasteiger partial charge on any atom is 0.150 e. The van der Waals surface area contributed by atoms with Gasteiger partial charge in [0.25, 0.3) is 0 Å². The van der Waals surface area contributed by atoms with E-state index in [0.29, 0.717) is 5.56 Å². The smallest absolute Gasteiger partial charge is 0.150 e. The van der Waals surface area contributed by atoms with Crippen LogP contribution in [0.25, 0.3) is 33.1 Å². The second-order valence-electron chi connectivity index (χ2n) is 5.16. The van der Waals surface area contributed by atoms with Crippen molar-refractivity contribution in [1.29, 1.82) is 0 Å². The monoisotopic (exact) mass is 350 g/mol. The van der Waals surface area contributed by atoms with Gasteiger partial charge in [0.2, 0.25) is 0 Å². The van der Waals surface area contributed by atoms with E-state index in [0.717, 1.165) is 43.8 Å². The van der Waals surface area contributed by atoms with Gasteiger partial charge in [0.15, 0.2) is 6.29 Å². The van der Waals surface area contributed by atoms with E-state index in [1.54, 1.807) is 0 Å². The Bertz CT molecular complexity index is 1010. The minimum atomic E-state index is 0.668. The Morgan fingerprint density at radius 3 is 2.55 bits per heavy atom. The number of halogens is 1. The summed E-state index contributed by atoms with van der Waals surface area (Å²) in [5.41, 5.74) is 4.33. The number of para-hydroxylation sites is 1. The molecule has 22 heavy (non-hydrogen) atoms. The first-order chi connectivity index (χ1) is 10.8. The highest BCUT2D eigenvalue weighted by atomic mass is 79.9. The number of rotatable bonds is 2. The summed E-state index contributed by atoms with van der Waals surface area (Å²) in [5.74, 6) is 0. The summed E-state index contributed by atoms with van der Waals surface area (Å²) in [6.45, 7) is 0. The van der Waals surface area contributed by atoms with Crippen molar-refractivity contribution in [3.63, 3.8) is 0 Å². The predicted molar refractivity (Wildman–Crippen MR) is 92.2 cm³/mol. The van der Waals surface area contributed by atoms with Crippen LogP contribution < -0.4 is 0 Å². The van der Waals surface area contributed by atoms with Crippen LogP contribution in [0.4, 0.5) is 0 Å². The van der Waals surface area contributed by atoms with Crippen molar-refractivity contribution < 1.29 is 9.21 Å². The fraction of sp³-hybridized carbons (Fsp3) is 0. The molecular formula is C19H11BrO2. The molecule has 0 N–H and O–H groups in total. The van der Waals surface area contributed by atoms with Gasteiger partial charge in [0.1, 0.15) is 11.2 Å². The van der Waals surface area contributed by atoms with Crippen molar-refractivity contribution in [3.05, 3.63) is 70.7 Å². The Morgan fingerprint density at radius 2 is 1.68 bits per heavy atom. The summed E-state index contributed by atoms with van der Waals surface area (Å²) in [7, 11) is 0. The lowest BCUT2D eigenvalue weighted by Gasteiger charge is -2.06. The highest BCUT2D eigenvalue weighted by molar-refractivity contribution is 9.10. The Morgan fingerprint density at radius 1 is 0.864 bits per heavy atom. The van der Waals surface area contributed by atoms with E-state index in [1.165, 1.54) is 0 Å². The summed E-state index contributed by atoms with van der Waals surface area (Å²) >= 11 is 3.40. The third-order valence-corrected chi connectivity index (χ3v) is 4.32. The summed E-state index contributed by atoms with van der Waals surface area (Å²) in [5, 5.41) is 2.15. The first-order valence-electron chi connectivity index (χ1n) is 6.93. The summed E-state index contributed by atoms with van der Waals surface area (Å²) < 4.78 is 6.74. The lowest BCUT2D eigenvalue weighted by atomic mass is 9.99. The minimum absolute atomic E-state index is 0.668. The first-order valence-corrected chi connectivity index (χ1v) is 7.72. The van der Waals surface area contributed by atoms with Gasteiger partial charge in [-0.25, -0.2) is 0 Å². The molecule has 0 spiro atoms. The maximum atomic E-state index is 11.3. The number of aldehydes is 1. The highest BCUT2D eigenvalue weighted by Gasteiger charge is 2.10. The molecule has 3 heteroatoms. The summed E-state index contributed by atoms with van der Waals surface area (Å²) in [6.07, 6.45) is 0.887. The van der Waals surface area contributed by atoms with Crippen LogP contribution in [0.5, 0.6) is 0 Å². The highest BCUT2D eigenvalue weighted by Crippen LogP contribution is 2.33. The molecule has 0 saturated heterocycles. The Kier molecular flexibility index (Phi) is 3.09. The average molecular weight is 351 g/mol. The predicted octanol–water partition coefficient (Wildman–Crippen LogP) is 5.83. The fourth-order valence-corrected chi connectivity index (χ4v) is 3.17. The van der Waals surface area contributed by atoms with E-state index in [-0.39, 0.29) is 0 Å². The molecule has 0 bridgehead atoms. The molecule has 0 aliphatic rings. The molecule has 0 amide bonds. The van der Waals surface area contributed by atoms with Crippen molar-refractivity contribution >= 4 is 44.2 Å². The molecule has 0 atom stereocenters. The van der Waals surface area contributed by atoms with Crippen LogP contribution in [0.1, 0.15) is 10.4 Å². The largest absolute Gasteiger partial charge is 0.456 e. The van der Waals surface area contributed by atoms with Gasteiger partial charge in [-0.3, -0.25) is 4.79 Å². The first kappa shape index (κ1) is 13.3. The van der Waals surface area contributed by atoms with Crippen molar-refractivity contribution in [2.45, 2.75) is 0 Å². The van der Waals surface area contributed by atoms with Crippen LogP contribution in [-0.2, 0) is 0 Å². The number of fused-ring (bicyclic) bond motifs is 3. The van der Waals surface area contributed by atoms with Crippen molar-refractivity contribution in [2.24, 2.45) is 0 Å². The number of hydrogen-bond acceptors (Lipinski definition) is 2. The SMILES string of the molecule is O=Cc1cc(Br)ccc1-c1ccc2oc3ccccc3c2c1. The normalized spacial score (nSPS) is 11.1. The molecule has 1 heterocycles. The van der Waals surface area contributed by atoms with Crippen LogP contribution >= 0.6 is 15.9 Å². The zero-order chi connectivity index (χ0) is 15.1. The van der Waals surface area contributed by atoms with Crippen molar-refractivity contribution in [3.8, 4) is 11.1 Å². The number of carbonyl (C=O) groups is 1. The Hall–Kier alpha value is -2.39. The molecule has 0 saturated carbocycles. The maximum absolute atomic E-state index is 11.3. The van der Waals surface area contributed by atoms with Gasteiger partial charge >= 0.3 is 0 Å². The molecule has 1 aromatic heterocycles. The van der Waals surface area contributed by atoms with Gasteiger partial charge in [-0.15, -0.1) is 0 Å². The number of furan rings is 1. The molecule has 0 radical (unpaired) electrons. The summed E-state index contributed by atoms with van der Waals surface area (Å²) in [4.78, 5) is 11.3. The number of hydrogen-bond donors (Lipinski definition) is 0. The molecule has 0 aliphatic carbocycles. The third-order valence-electron chi connectivity index (χ3n) is 3.83. The van der Waals surface area contributed by atoms with Crippen molar-refractivity contribution in [2.75, 3.05) is 0 Å². The van der Waals surface area contributed by atoms with Gasteiger partial charge in [-0.2, -0.15) is 0 Å². The number of benzene rings is 3. The standard InChI is InChI=1S/C19H11BrO2/c20-14-6-7-15(13(9-14)11-21)12-5-8-19-17(10-12)16-3-1-2-4-18(16)22-19/h1-11H. The quantitative estimate of drug-likeness (QED) is 0.426. The lowest BCUT2D eigenvalue weighted by molar-refractivity contribution is 0.112. The van der Waals surface area contributed by atoms with Gasteiger partial charge in [0, 0.05) is 20.8 Å². The van der Waals surface area contributed by atoms with Crippen LogP contribution in [0.2, 0.25) is 0 Å². The van der Waals surface area contributed by atoms with E-state index < -0.39 is 0 Å². The van der Waals surface area contributed by atoms with Gasteiger partial charge in [-0.1, -0.05) is 46.3 Å². The molecule has 4 rings (SSSR count). The fourth-order valence-electron chi connectivity index (χ4n) is 2.79. The number of carbonyl (C=O) groups excluding carboxylic acids is 1. The molecule has 4 aromatic rings. The Balaban J connectivity index is 2.00. The zero-order valence-corrected chi connectivity index (χ0v) is 13.1. The molecule has 0 aliphatic heterocycles. The van der Waals surface area contributed by atoms with Crippen LogP contribution in [0, 0.1) is 0 Å². The third kappa shape index (κ3) is 2.06. The molecule has 2 nitrogen and oxygen atoms in total. The summed E-state index contributed by atoms with van der Waals surface area (Å²) in [6, 6.07) is 19.7. The Labute approximate surface area is 135 Å². The molecular weight excluding hydrogens is 340 g/mol. The van der Waals surface area contributed by atoms with Crippen LogP contribution in [0.15, 0.2) is 69.6 Å². The van der Waals surface area contributed by atoms with Gasteiger partial charge in [0.05, 0.1) is 0 Å². The van der Waals surface area contributed by atoms with Crippen LogP contribution in [0.3, 0.4) is 0 Å². The average Bonchev–Trinajstić information content (AvgIpc) is 2.92. The van der Waals surface area contributed by atoms with E-state index in [1.807, 2.05) is 54.6 Å². The molecule has 0 fully saturated rings. The van der Waals surface area contributed by atoms with E-state index in [4.69, 9.17) is 4.42 Å². The van der Waals surface area contributed by atoms with Gasteiger partial charge in [-0.05, 0) is 41.5 Å². The van der Waals surface area contributed by atoms with E-state index in [9.17, 15) is 4.79 Å². The molecule has 3 aromatic carbocycles.